The Labute approximate surface area is 170 Å². The van der Waals surface area contributed by atoms with Gasteiger partial charge in [0.1, 0.15) is 6.20 Å². The molecular weight excluding hydrogens is 380 g/mol. The number of rotatable bonds is 7. The highest BCUT2D eigenvalue weighted by molar-refractivity contribution is 7.15. The summed E-state index contributed by atoms with van der Waals surface area (Å²) in [6.07, 6.45) is 6.07. The number of aryl methyl sites for hydroxylation is 3. The lowest BCUT2D eigenvalue weighted by atomic mass is 10.1. The molecule has 0 aliphatic carbocycles. The molecule has 0 aliphatic rings. The highest BCUT2D eigenvalue weighted by Gasteiger charge is 2.11. The van der Waals surface area contributed by atoms with E-state index in [0.29, 0.717) is 5.13 Å². The van der Waals surface area contributed by atoms with Crippen molar-refractivity contribution < 1.29 is 17.0 Å². The first-order valence-electron chi connectivity index (χ1n) is 8.81. The summed E-state index contributed by atoms with van der Waals surface area (Å²) in [6.45, 7) is 7.08. The summed E-state index contributed by atoms with van der Waals surface area (Å²) in [4.78, 5) is 5.56. The van der Waals surface area contributed by atoms with Gasteiger partial charge in [0, 0.05) is 11.3 Å². The van der Waals surface area contributed by atoms with E-state index in [4.69, 9.17) is 0 Å². The van der Waals surface area contributed by atoms with E-state index in [-0.39, 0.29) is 12.4 Å². The number of hydrogen-bond acceptors (Lipinski definition) is 5. The van der Waals surface area contributed by atoms with Crippen molar-refractivity contribution in [3.63, 3.8) is 0 Å². The Morgan fingerprint density at radius 1 is 1.19 bits per heavy atom. The number of benzene rings is 1. The predicted octanol–water partition coefficient (Wildman–Crippen LogP) is 1.15. The number of aromatic nitrogens is 3. The minimum absolute atomic E-state index is 0. The first-order chi connectivity index (χ1) is 12.6. The Balaban J connectivity index is 0.00000261. The summed E-state index contributed by atoms with van der Waals surface area (Å²) in [5.41, 5.74) is 6.59. The summed E-state index contributed by atoms with van der Waals surface area (Å²) in [6, 6.07) is 8.20. The highest BCUT2D eigenvalue weighted by atomic mass is 35.5. The number of hydrogen-bond donors (Lipinski definition) is 1. The van der Waals surface area contributed by atoms with Crippen LogP contribution in [0, 0.1) is 13.8 Å². The summed E-state index contributed by atoms with van der Waals surface area (Å²) >= 11 is 1.57. The fourth-order valence-corrected chi connectivity index (χ4v) is 3.45. The van der Waals surface area contributed by atoms with Gasteiger partial charge in [-0.05, 0) is 38.0 Å². The van der Waals surface area contributed by atoms with Crippen LogP contribution in [0.3, 0.4) is 0 Å². The lowest BCUT2D eigenvalue weighted by Gasteiger charge is -2.05. The Morgan fingerprint density at radius 2 is 1.93 bits per heavy atom. The Kier molecular flexibility index (Phi) is 7.50. The molecule has 0 saturated heterocycles. The lowest BCUT2D eigenvalue weighted by Crippen LogP contribution is -3.00. The maximum absolute atomic E-state index is 4.37. The quantitative estimate of drug-likeness (QED) is 0.474. The van der Waals surface area contributed by atoms with E-state index in [9.17, 15) is 0 Å². The van der Waals surface area contributed by atoms with Crippen LogP contribution in [0.5, 0.6) is 0 Å². The van der Waals surface area contributed by atoms with Crippen molar-refractivity contribution in [2.45, 2.75) is 33.6 Å². The zero-order valence-electron chi connectivity index (χ0n) is 16.1. The smallest absolute Gasteiger partial charge is 0.279 e. The minimum atomic E-state index is 0. The van der Waals surface area contributed by atoms with Crippen LogP contribution in [-0.2, 0) is 19.9 Å². The molecule has 0 fully saturated rings. The molecule has 2 aromatic heterocycles. The van der Waals surface area contributed by atoms with Gasteiger partial charge in [0.05, 0.1) is 25.0 Å². The molecule has 3 rings (SSSR count). The molecule has 0 aliphatic heterocycles. The molecule has 8 heteroatoms. The molecule has 3 aromatic rings. The largest absolute Gasteiger partial charge is 1.00 e. The van der Waals surface area contributed by atoms with Crippen LogP contribution in [-0.4, -0.2) is 16.2 Å². The second-order valence-corrected chi connectivity index (χ2v) is 7.39. The molecule has 0 saturated carbocycles. The van der Waals surface area contributed by atoms with Gasteiger partial charge in [0.15, 0.2) is 6.20 Å². The van der Waals surface area contributed by atoms with Gasteiger partial charge in [-0.2, -0.15) is 0 Å². The third kappa shape index (κ3) is 5.37. The fourth-order valence-electron chi connectivity index (χ4n) is 2.72. The maximum Gasteiger partial charge on any atom is 0.279 e. The minimum Gasteiger partial charge on any atom is -1.00 e. The van der Waals surface area contributed by atoms with Gasteiger partial charge < -0.3 is 12.4 Å². The van der Waals surface area contributed by atoms with E-state index >= 15 is 0 Å². The van der Waals surface area contributed by atoms with E-state index in [0.717, 1.165) is 30.8 Å². The zero-order chi connectivity index (χ0) is 18.5. The molecule has 0 spiro atoms. The molecule has 0 unspecified atom stereocenters. The van der Waals surface area contributed by atoms with Gasteiger partial charge in [-0.3, -0.25) is 5.43 Å². The van der Waals surface area contributed by atoms with E-state index in [1.807, 2.05) is 26.0 Å². The topological polar surface area (TPSA) is 58.5 Å². The average molecular weight is 405 g/mol. The zero-order valence-corrected chi connectivity index (χ0v) is 17.7. The van der Waals surface area contributed by atoms with E-state index < -0.39 is 0 Å². The van der Waals surface area contributed by atoms with Gasteiger partial charge in [-0.15, -0.1) is 14.9 Å². The SMILES string of the molecule is CCc1n(NCCc2ccc(N=Nc3nc(C)c(C)s3)cc2)cc[n+]1C.[Cl-]. The lowest BCUT2D eigenvalue weighted by molar-refractivity contribution is -0.678. The molecule has 27 heavy (non-hydrogen) atoms. The van der Waals surface area contributed by atoms with Gasteiger partial charge in [0.25, 0.3) is 5.82 Å². The normalized spacial score (nSPS) is 11.0. The van der Waals surface area contributed by atoms with Crippen LogP contribution < -0.4 is 22.4 Å². The van der Waals surface area contributed by atoms with Crippen molar-refractivity contribution in [2.75, 3.05) is 12.0 Å². The molecule has 0 atom stereocenters. The second kappa shape index (κ2) is 9.62. The predicted molar refractivity (Wildman–Crippen MR) is 105 cm³/mol. The van der Waals surface area contributed by atoms with E-state index in [1.54, 1.807) is 11.3 Å². The van der Waals surface area contributed by atoms with Crippen molar-refractivity contribution in [3.8, 4) is 0 Å². The van der Waals surface area contributed by atoms with Crippen LogP contribution in [0.1, 0.15) is 28.9 Å². The number of thiazole rings is 1. The number of nitrogens with zero attached hydrogens (tertiary/aromatic N) is 5. The first-order valence-corrected chi connectivity index (χ1v) is 9.63. The van der Waals surface area contributed by atoms with E-state index in [1.165, 1.54) is 16.3 Å². The van der Waals surface area contributed by atoms with Crippen molar-refractivity contribution in [1.29, 1.82) is 0 Å². The summed E-state index contributed by atoms with van der Waals surface area (Å²) in [5, 5.41) is 9.21. The van der Waals surface area contributed by atoms with Crippen LogP contribution in [0.4, 0.5) is 10.8 Å². The van der Waals surface area contributed by atoms with Gasteiger partial charge in [0.2, 0.25) is 5.13 Å². The molecular formula is C19H25ClN6S. The Bertz CT molecular complexity index is 878. The fraction of sp³-hybridized carbons (Fsp3) is 0.368. The summed E-state index contributed by atoms with van der Waals surface area (Å²) < 4.78 is 4.23. The highest BCUT2D eigenvalue weighted by Crippen LogP contribution is 2.26. The third-order valence-corrected chi connectivity index (χ3v) is 5.30. The molecule has 6 nitrogen and oxygen atoms in total. The molecule has 0 amide bonds. The molecule has 2 heterocycles. The van der Waals surface area contributed by atoms with Crippen molar-refractivity contribution >= 4 is 22.2 Å². The van der Waals surface area contributed by atoms with Gasteiger partial charge >= 0.3 is 0 Å². The first kappa shape index (κ1) is 21.1. The van der Waals surface area contributed by atoms with Crippen LogP contribution >= 0.6 is 11.3 Å². The molecule has 144 valence electrons. The number of halogens is 1. The third-order valence-electron chi connectivity index (χ3n) is 4.34. The monoisotopic (exact) mass is 404 g/mol. The van der Waals surface area contributed by atoms with Gasteiger partial charge in [-0.25, -0.2) is 9.55 Å². The Hall–Kier alpha value is -2.25. The second-order valence-electron chi connectivity index (χ2n) is 6.21. The number of azo groups is 1. The maximum atomic E-state index is 4.37. The standard InChI is InChI=1S/C19H25N6S.ClH/c1-5-18-24(4)12-13-25(18)20-11-10-16-6-8-17(9-7-16)22-23-19-21-14(2)15(3)26-19;/h6-9,12-13,20H,5,10-11H2,1-4H3;1H/q+1;/p-1. The Morgan fingerprint density at radius 3 is 2.56 bits per heavy atom. The van der Waals surface area contributed by atoms with Crippen LogP contribution in [0.15, 0.2) is 46.9 Å². The van der Waals surface area contributed by atoms with Crippen LogP contribution in [0.25, 0.3) is 0 Å². The van der Waals surface area contributed by atoms with Crippen LogP contribution in [0.2, 0.25) is 0 Å². The molecule has 1 aromatic carbocycles. The van der Waals surface area contributed by atoms with Crippen molar-refractivity contribution in [3.05, 3.63) is 58.6 Å². The molecule has 0 radical (unpaired) electrons. The number of nitrogens with one attached hydrogen (secondary N) is 1. The van der Waals surface area contributed by atoms with Crippen molar-refractivity contribution in [1.82, 2.24) is 9.66 Å². The summed E-state index contributed by atoms with van der Waals surface area (Å²) in [7, 11) is 2.07. The average Bonchev–Trinajstić information content (AvgIpc) is 3.16. The number of imidazole rings is 1. The van der Waals surface area contributed by atoms with Gasteiger partial charge in [-0.1, -0.05) is 30.4 Å². The molecule has 0 bridgehead atoms. The van der Waals surface area contributed by atoms with E-state index in [2.05, 4.69) is 68.4 Å². The van der Waals surface area contributed by atoms with Crippen molar-refractivity contribution in [2.24, 2.45) is 17.3 Å². The molecule has 1 N–H and O–H groups in total. The summed E-state index contributed by atoms with van der Waals surface area (Å²) in [5.74, 6) is 1.26.